The van der Waals surface area contributed by atoms with E-state index in [2.05, 4.69) is 10.6 Å². The molecule has 0 aliphatic heterocycles. The third-order valence-electron chi connectivity index (χ3n) is 6.11. The second-order valence-corrected chi connectivity index (χ2v) is 9.43. The van der Waals surface area contributed by atoms with E-state index in [4.69, 9.17) is 20.9 Å². The van der Waals surface area contributed by atoms with Crippen LogP contribution in [0.4, 0.5) is 0 Å². The summed E-state index contributed by atoms with van der Waals surface area (Å²) in [5, 5.41) is 5.41. The van der Waals surface area contributed by atoms with Gasteiger partial charge in [-0.25, -0.2) is 0 Å². The van der Waals surface area contributed by atoms with Crippen molar-refractivity contribution in [1.82, 2.24) is 10.6 Å². The number of rotatable bonds is 17. The summed E-state index contributed by atoms with van der Waals surface area (Å²) in [7, 11) is 0. The Bertz CT molecular complexity index is 1220. The lowest BCUT2D eigenvalue weighted by Gasteiger charge is -2.18. The van der Waals surface area contributed by atoms with Crippen molar-refractivity contribution in [2.24, 2.45) is 11.5 Å². The summed E-state index contributed by atoms with van der Waals surface area (Å²) in [6.45, 7) is 1.70. The zero-order chi connectivity index (χ0) is 28.6. The van der Waals surface area contributed by atoms with E-state index >= 15 is 0 Å². The fourth-order valence-electron chi connectivity index (χ4n) is 3.99. The van der Waals surface area contributed by atoms with E-state index in [9.17, 15) is 14.4 Å². The Labute approximate surface area is 235 Å². The monoisotopic (exact) mass is 546 g/mol. The molecule has 3 aromatic rings. The predicted molar refractivity (Wildman–Crippen MR) is 153 cm³/mol. The van der Waals surface area contributed by atoms with Crippen molar-refractivity contribution >= 4 is 17.7 Å². The second-order valence-electron chi connectivity index (χ2n) is 9.43. The van der Waals surface area contributed by atoms with Crippen LogP contribution in [0, 0.1) is 0 Å². The van der Waals surface area contributed by atoms with Crippen LogP contribution in [-0.2, 0) is 34.0 Å². The minimum Gasteiger partial charge on any atom is -0.489 e. The van der Waals surface area contributed by atoms with Crippen LogP contribution in [0.3, 0.4) is 0 Å². The van der Waals surface area contributed by atoms with Gasteiger partial charge in [0.25, 0.3) is 0 Å². The van der Waals surface area contributed by atoms with Gasteiger partial charge in [-0.15, -0.1) is 0 Å². The molecule has 212 valence electrons. The Morgan fingerprint density at radius 3 is 2.08 bits per heavy atom. The Morgan fingerprint density at radius 1 is 0.800 bits per heavy atom. The highest BCUT2D eigenvalue weighted by Gasteiger charge is 2.23. The third-order valence-corrected chi connectivity index (χ3v) is 6.11. The van der Waals surface area contributed by atoms with E-state index in [1.165, 1.54) is 0 Å². The fourth-order valence-corrected chi connectivity index (χ4v) is 3.99. The summed E-state index contributed by atoms with van der Waals surface area (Å²) in [4.78, 5) is 37.2. The van der Waals surface area contributed by atoms with Gasteiger partial charge in [-0.2, -0.15) is 0 Å². The zero-order valence-electron chi connectivity index (χ0n) is 22.6. The van der Waals surface area contributed by atoms with Crippen LogP contribution < -0.4 is 31.6 Å². The number of hydrogen-bond donors (Lipinski definition) is 4. The molecule has 0 saturated carbocycles. The summed E-state index contributed by atoms with van der Waals surface area (Å²) in [5.41, 5.74) is 13.4. The number of benzene rings is 3. The summed E-state index contributed by atoms with van der Waals surface area (Å²) < 4.78 is 12.1. The van der Waals surface area contributed by atoms with E-state index < -0.39 is 23.8 Å². The normalized spacial score (nSPS) is 11.3. The van der Waals surface area contributed by atoms with Crippen LogP contribution >= 0.6 is 0 Å². The molecule has 40 heavy (non-hydrogen) atoms. The molecule has 9 nitrogen and oxygen atoms in total. The van der Waals surface area contributed by atoms with Gasteiger partial charge in [0.05, 0.1) is 12.8 Å². The number of ether oxygens (including phenoxy) is 2. The van der Waals surface area contributed by atoms with Crippen molar-refractivity contribution in [2.75, 3.05) is 13.1 Å². The summed E-state index contributed by atoms with van der Waals surface area (Å²) in [6.07, 6.45) is 2.12. The van der Waals surface area contributed by atoms with Gasteiger partial charge in [-0.3, -0.25) is 14.4 Å². The number of unbranched alkanes of at least 4 members (excludes halogenated alkanes) is 2. The molecule has 0 saturated heterocycles. The van der Waals surface area contributed by atoms with Gasteiger partial charge in [-0.1, -0.05) is 73.2 Å². The van der Waals surface area contributed by atoms with Gasteiger partial charge in [0.2, 0.25) is 17.7 Å². The lowest BCUT2D eigenvalue weighted by atomic mass is 10.1. The van der Waals surface area contributed by atoms with E-state index in [1.54, 1.807) is 18.2 Å². The number of nitrogens with two attached hydrogens (primary N) is 2. The maximum absolute atomic E-state index is 13.0. The summed E-state index contributed by atoms with van der Waals surface area (Å²) in [6, 6.07) is 23.7. The molecule has 0 fully saturated rings. The highest BCUT2D eigenvalue weighted by molar-refractivity contribution is 5.92. The molecular formula is C31H38N4O5. The van der Waals surface area contributed by atoms with Crippen LogP contribution in [0.5, 0.6) is 11.5 Å². The smallest absolute Gasteiger partial charge is 0.243 e. The molecule has 6 N–H and O–H groups in total. The molecule has 0 bridgehead atoms. The Morgan fingerprint density at radius 2 is 1.45 bits per heavy atom. The van der Waals surface area contributed by atoms with Crippen LogP contribution in [0.1, 0.15) is 42.4 Å². The maximum Gasteiger partial charge on any atom is 0.243 e. The summed E-state index contributed by atoms with van der Waals surface area (Å²) in [5.74, 6) is -0.496. The Hall–Kier alpha value is -4.37. The molecule has 3 rings (SSSR count). The summed E-state index contributed by atoms with van der Waals surface area (Å²) >= 11 is 0. The lowest BCUT2D eigenvalue weighted by molar-refractivity contribution is -0.131. The van der Waals surface area contributed by atoms with Gasteiger partial charge in [0, 0.05) is 18.2 Å². The topological polar surface area (TPSA) is 146 Å². The van der Waals surface area contributed by atoms with Crippen LogP contribution in [-0.4, -0.2) is 36.9 Å². The molecule has 0 aliphatic rings. The average Bonchev–Trinajstić information content (AvgIpc) is 2.96. The van der Waals surface area contributed by atoms with Gasteiger partial charge >= 0.3 is 0 Å². The minimum atomic E-state index is -1.07. The Balaban J connectivity index is 1.68. The molecule has 3 aromatic carbocycles. The SMILES string of the molecule is NCCCCCNC(=O)[C@H](CC(N)=O)NC(=O)Cc1ccc(OCc2ccccc2)cc1OCc1ccccc1. The fraction of sp³-hybridized carbons (Fsp3) is 0.323. The molecule has 1 atom stereocenters. The van der Waals surface area contributed by atoms with E-state index in [1.807, 2.05) is 60.7 Å². The third kappa shape index (κ3) is 10.8. The molecule has 9 heteroatoms. The van der Waals surface area contributed by atoms with Crippen molar-refractivity contribution in [3.63, 3.8) is 0 Å². The van der Waals surface area contributed by atoms with Crippen LogP contribution in [0.25, 0.3) is 0 Å². The molecule has 0 aromatic heterocycles. The lowest BCUT2D eigenvalue weighted by Crippen LogP contribution is -2.49. The van der Waals surface area contributed by atoms with Gasteiger partial charge in [0.15, 0.2) is 0 Å². The number of amides is 3. The van der Waals surface area contributed by atoms with Crippen molar-refractivity contribution in [2.45, 2.75) is 51.4 Å². The largest absolute Gasteiger partial charge is 0.489 e. The zero-order valence-corrected chi connectivity index (χ0v) is 22.6. The molecule has 0 radical (unpaired) electrons. The minimum absolute atomic E-state index is 0.0673. The van der Waals surface area contributed by atoms with Crippen LogP contribution in [0.2, 0.25) is 0 Å². The highest BCUT2D eigenvalue weighted by Crippen LogP contribution is 2.27. The standard InChI is InChI=1S/C31H38N4O5/c32-16-8-3-9-17-34-31(38)27(20-29(33)36)35-30(37)18-25-14-15-26(39-21-23-10-4-1-5-11-23)19-28(25)40-22-24-12-6-2-7-13-24/h1-2,4-7,10-15,19,27H,3,8-9,16-18,20-22,32H2,(H2,33,36)(H,34,38)(H,35,37)/t27-/m0/s1. The first-order valence-corrected chi connectivity index (χ1v) is 13.5. The van der Waals surface area contributed by atoms with Gasteiger partial charge in [0.1, 0.15) is 30.8 Å². The predicted octanol–water partition coefficient (Wildman–Crippen LogP) is 2.99. The van der Waals surface area contributed by atoms with E-state index in [-0.39, 0.29) is 12.8 Å². The van der Waals surface area contributed by atoms with E-state index in [0.717, 1.165) is 30.4 Å². The van der Waals surface area contributed by atoms with Crippen LogP contribution in [0.15, 0.2) is 78.9 Å². The van der Waals surface area contributed by atoms with Crippen molar-refractivity contribution < 1.29 is 23.9 Å². The number of carbonyl (C=O) groups excluding carboxylic acids is 3. The van der Waals surface area contributed by atoms with Crippen molar-refractivity contribution in [1.29, 1.82) is 0 Å². The maximum atomic E-state index is 13.0. The molecule has 3 amide bonds. The van der Waals surface area contributed by atoms with Crippen molar-refractivity contribution in [3.05, 3.63) is 95.6 Å². The second kappa shape index (κ2) is 16.6. The Kier molecular flexibility index (Phi) is 12.5. The number of hydrogen-bond acceptors (Lipinski definition) is 6. The van der Waals surface area contributed by atoms with Gasteiger partial charge in [-0.05, 0) is 36.6 Å². The van der Waals surface area contributed by atoms with Crippen molar-refractivity contribution in [3.8, 4) is 11.5 Å². The first-order chi connectivity index (χ1) is 19.4. The van der Waals surface area contributed by atoms with E-state index in [0.29, 0.717) is 43.4 Å². The number of primary amides is 1. The number of carbonyl (C=O) groups is 3. The molecule has 0 unspecified atom stereocenters. The van der Waals surface area contributed by atoms with Gasteiger partial charge < -0.3 is 31.6 Å². The number of nitrogens with one attached hydrogen (secondary N) is 2. The molecule has 0 spiro atoms. The molecular weight excluding hydrogens is 508 g/mol. The molecule has 0 aliphatic carbocycles. The highest BCUT2D eigenvalue weighted by atomic mass is 16.5. The average molecular weight is 547 g/mol. The first kappa shape index (κ1) is 30.2. The first-order valence-electron chi connectivity index (χ1n) is 13.5. The molecule has 0 heterocycles. The quantitative estimate of drug-likeness (QED) is 0.192.